The van der Waals surface area contributed by atoms with Gasteiger partial charge in [-0.1, -0.05) is 0 Å². The molecule has 1 saturated carbocycles. The molecule has 7 nitrogen and oxygen atoms in total. The Kier molecular flexibility index (Phi) is 5.66. The minimum absolute atomic E-state index is 0.160. The molecular formula is C20H21N3O4S. The average molecular weight is 399 g/mol. The van der Waals surface area contributed by atoms with Crippen molar-refractivity contribution in [3.63, 3.8) is 0 Å². The summed E-state index contributed by atoms with van der Waals surface area (Å²) < 4.78 is 10.3. The number of rotatable bonds is 7. The molecule has 0 saturated heterocycles. The first kappa shape index (κ1) is 19.8. The first-order valence-electron chi connectivity index (χ1n) is 8.87. The van der Waals surface area contributed by atoms with Crippen LogP contribution in [0.5, 0.6) is 5.75 Å². The third kappa shape index (κ3) is 4.31. The molecule has 1 aliphatic carbocycles. The molecule has 1 heterocycles. The van der Waals surface area contributed by atoms with E-state index in [1.165, 1.54) is 11.3 Å². The van der Waals surface area contributed by atoms with Gasteiger partial charge >= 0.3 is 5.97 Å². The Morgan fingerprint density at radius 2 is 2.04 bits per heavy atom. The van der Waals surface area contributed by atoms with Crippen LogP contribution in [-0.2, 0) is 9.53 Å². The maximum absolute atomic E-state index is 12.4. The minimum atomic E-state index is -0.911. The van der Waals surface area contributed by atoms with E-state index in [0.717, 1.165) is 24.2 Å². The van der Waals surface area contributed by atoms with E-state index in [0.29, 0.717) is 15.6 Å². The molecule has 2 aromatic rings. The number of nitriles is 1. The maximum atomic E-state index is 12.4. The highest BCUT2D eigenvalue weighted by Gasteiger charge is 2.43. The molecule has 0 aliphatic heterocycles. The molecule has 0 unspecified atom stereocenters. The molecule has 1 fully saturated rings. The van der Waals surface area contributed by atoms with Crippen LogP contribution in [0, 0.1) is 24.2 Å². The number of aromatic nitrogens is 1. The Hall–Kier alpha value is -2.92. The Morgan fingerprint density at radius 3 is 2.61 bits per heavy atom. The van der Waals surface area contributed by atoms with Gasteiger partial charge in [0.1, 0.15) is 21.2 Å². The van der Waals surface area contributed by atoms with Crippen LogP contribution in [0.15, 0.2) is 24.3 Å². The summed E-state index contributed by atoms with van der Waals surface area (Å²) >= 11 is 1.21. The van der Waals surface area contributed by atoms with Gasteiger partial charge < -0.3 is 14.8 Å². The number of esters is 1. The van der Waals surface area contributed by atoms with Gasteiger partial charge in [-0.2, -0.15) is 5.26 Å². The molecular weight excluding hydrogens is 378 g/mol. The Morgan fingerprint density at radius 1 is 1.36 bits per heavy atom. The quantitative estimate of drug-likeness (QED) is 0.718. The van der Waals surface area contributed by atoms with Crippen molar-refractivity contribution in [3.8, 4) is 22.4 Å². The van der Waals surface area contributed by atoms with Crippen LogP contribution in [0.3, 0.4) is 0 Å². The van der Waals surface area contributed by atoms with Gasteiger partial charge in [0.05, 0.1) is 18.9 Å². The van der Waals surface area contributed by atoms with Gasteiger partial charge in [0.2, 0.25) is 0 Å². The number of nitrogens with zero attached hydrogens (tertiary/aromatic N) is 2. The van der Waals surface area contributed by atoms with E-state index in [9.17, 15) is 14.9 Å². The normalized spacial score (nSPS) is 15.2. The number of carbonyl (C=O) groups excluding carboxylic acids is 2. The summed E-state index contributed by atoms with van der Waals surface area (Å²) in [5, 5.41) is 12.6. The SMILES string of the molecule is COc1ccc(-c2nc(C)c(C(=O)OCC(=O)N[C@@](C)(C#N)C3CC3)s2)cc1. The van der Waals surface area contributed by atoms with E-state index >= 15 is 0 Å². The maximum Gasteiger partial charge on any atom is 0.350 e. The van der Waals surface area contributed by atoms with Crippen molar-refractivity contribution < 1.29 is 19.1 Å². The number of methoxy groups -OCH3 is 1. The molecule has 1 aliphatic rings. The van der Waals surface area contributed by atoms with Gasteiger partial charge in [0, 0.05) is 5.56 Å². The second-order valence-corrected chi connectivity index (χ2v) is 7.87. The van der Waals surface area contributed by atoms with Crippen molar-refractivity contribution in [1.82, 2.24) is 10.3 Å². The number of hydrogen-bond donors (Lipinski definition) is 1. The van der Waals surface area contributed by atoms with Crippen molar-refractivity contribution in [2.45, 2.75) is 32.2 Å². The van der Waals surface area contributed by atoms with Crippen molar-refractivity contribution in [2.24, 2.45) is 5.92 Å². The summed E-state index contributed by atoms with van der Waals surface area (Å²) in [4.78, 5) is 29.2. The zero-order valence-electron chi connectivity index (χ0n) is 15.9. The number of carbonyl (C=O) groups is 2. The lowest BCUT2D eigenvalue weighted by Gasteiger charge is -2.22. The van der Waals surface area contributed by atoms with E-state index in [-0.39, 0.29) is 5.92 Å². The van der Waals surface area contributed by atoms with Crippen LogP contribution < -0.4 is 10.1 Å². The van der Waals surface area contributed by atoms with Crippen LogP contribution in [0.2, 0.25) is 0 Å². The molecule has 1 aromatic carbocycles. The van der Waals surface area contributed by atoms with Gasteiger partial charge in [-0.05, 0) is 56.9 Å². The highest BCUT2D eigenvalue weighted by Crippen LogP contribution is 2.39. The zero-order chi connectivity index (χ0) is 20.3. The second kappa shape index (κ2) is 7.98. The summed E-state index contributed by atoms with van der Waals surface area (Å²) in [6.07, 6.45) is 1.83. The fourth-order valence-corrected chi connectivity index (χ4v) is 3.81. The molecule has 28 heavy (non-hydrogen) atoms. The summed E-state index contributed by atoms with van der Waals surface area (Å²) in [5.41, 5.74) is 0.492. The van der Waals surface area contributed by atoms with E-state index in [2.05, 4.69) is 16.4 Å². The van der Waals surface area contributed by atoms with Crippen LogP contribution >= 0.6 is 11.3 Å². The standard InChI is InChI=1S/C20H21N3O4S/c1-12-17(28-18(22-12)13-4-8-15(26-3)9-5-13)19(25)27-10-16(24)23-20(2,11-21)14-6-7-14/h4-5,8-9,14H,6-7,10H2,1-3H3,(H,23,24)/t20-/m0/s1. The average Bonchev–Trinajstić information content (AvgIpc) is 3.49. The number of amides is 1. The smallest absolute Gasteiger partial charge is 0.350 e. The van der Waals surface area contributed by atoms with Gasteiger partial charge in [-0.3, -0.25) is 4.79 Å². The molecule has 146 valence electrons. The number of nitrogens with one attached hydrogen (secondary N) is 1. The molecule has 1 N–H and O–H groups in total. The lowest BCUT2D eigenvalue weighted by molar-refractivity contribution is -0.125. The molecule has 0 spiro atoms. The summed E-state index contributed by atoms with van der Waals surface area (Å²) in [7, 11) is 1.59. The van der Waals surface area contributed by atoms with Crippen LogP contribution in [-0.4, -0.2) is 36.1 Å². The van der Waals surface area contributed by atoms with Crippen LogP contribution in [0.25, 0.3) is 10.6 Å². The minimum Gasteiger partial charge on any atom is -0.497 e. The van der Waals surface area contributed by atoms with Gasteiger partial charge in [-0.15, -0.1) is 11.3 Å². The van der Waals surface area contributed by atoms with E-state index < -0.39 is 24.0 Å². The first-order chi connectivity index (χ1) is 13.4. The summed E-state index contributed by atoms with van der Waals surface area (Å²) in [6.45, 7) is 2.98. The van der Waals surface area contributed by atoms with Crippen LogP contribution in [0.1, 0.15) is 35.1 Å². The van der Waals surface area contributed by atoms with Gasteiger partial charge in [0.15, 0.2) is 6.61 Å². The Labute approximate surface area is 167 Å². The predicted octanol–water partition coefficient (Wildman–Crippen LogP) is 3.09. The fraction of sp³-hybridized carbons (Fsp3) is 0.400. The van der Waals surface area contributed by atoms with E-state index in [4.69, 9.17) is 9.47 Å². The third-order valence-corrected chi connectivity index (χ3v) is 5.87. The number of aryl methyl sites for hydroxylation is 1. The molecule has 1 amide bonds. The highest BCUT2D eigenvalue weighted by atomic mass is 32.1. The molecule has 0 bridgehead atoms. The molecule has 0 radical (unpaired) electrons. The van der Waals surface area contributed by atoms with Gasteiger partial charge in [0.25, 0.3) is 5.91 Å². The van der Waals surface area contributed by atoms with Crippen molar-refractivity contribution in [1.29, 1.82) is 5.26 Å². The van der Waals surface area contributed by atoms with E-state index in [1.807, 2.05) is 24.3 Å². The molecule has 8 heteroatoms. The fourth-order valence-electron chi connectivity index (χ4n) is 2.85. The molecule has 1 atom stereocenters. The zero-order valence-corrected chi connectivity index (χ0v) is 16.8. The third-order valence-electron chi connectivity index (χ3n) is 4.68. The summed E-state index contributed by atoms with van der Waals surface area (Å²) in [5.74, 6) is -0.192. The number of ether oxygens (including phenoxy) is 2. The second-order valence-electron chi connectivity index (χ2n) is 6.87. The van der Waals surface area contributed by atoms with Crippen molar-refractivity contribution in [2.75, 3.05) is 13.7 Å². The van der Waals surface area contributed by atoms with E-state index in [1.54, 1.807) is 21.0 Å². The first-order valence-corrected chi connectivity index (χ1v) is 9.69. The van der Waals surface area contributed by atoms with Crippen molar-refractivity contribution >= 4 is 23.2 Å². The van der Waals surface area contributed by atoms with Crippen molar-refractivity contribution in [3.05, 3.63) is 34.8 Å². The number of benzene rings is 1. The Balaban J connectivity index is 1.62. The largest absolute Gasteiger partial charge is 0.497 e. The summed E-state index contributed by atoms with van der Waals surface area (Å²) in [6, 6.07) is 9.50. The number of hydrogen-bond acceptors (Lipinski definition) is 7. The predicted molar refractivity (Wildman–Crippen MR) is 104 cm³/mol. The van der Waals surface area contributed by atoms with Crippen LogP contribution in [0.4, 0.5) is 0 Å². The topological polar surface area (TPSA) is 101 Å². The lowest BCUT2D eigenvalue weighted by atomic mass is 9.98. The Bertz CT molecular complexity index is 928. The lowest BCUT2D eigenvalue weighted by Crippen LogP contribution is -2.48. The molecule has 1 aromatic heterocycles. The van der Waals surface area contributed by atoms with Gasteiger partial charge in [-0.25, -0.2) is 9.78 Å². The molecule has 3 rings (SSSR count). The number of thiazole rings is 1. The highest BCUT2D eigenvalue weighted by molar-refractivity contribution is 7.17. The monoisotopic (exact) mass is 399 g/mol.